The van der Waals surface area contributed by atoms with Crippen LogP contribution in [0.25, 0.3) is 0 Å². The normalized spacial score (nSPS) is 30.7. The van der Waals surface area contributed by atoms with E-state index in [-0.39, 0.29) is 23.6 Å². The van der Waals surface area contributed by atoms with Gasteiger partial charge in [-0.15, -0.1) is 0 Å². The number of carbonyl (C=O) groups excluding carboxylic acids is 3. The maximum atomic E-state index is 12.8. The van der Waals surface area contributed by atoms with Gasteiger partial charge < -0.3 is 14.8 Å². The quantitative estimate of drug-likeness (QED) is 0.641. The molecule has 0 radical (unpaired) electrons. The number of carbonyl (C=O) groups is 3. The molecular formula is C26H35N3O5. The first-order chi connectivity index (χ1) is 16.4. The number of nitrogens with one attached hydrogen (secondary N) is 1. The molecule has 1 amide bonds. The summed E-state index contributed by atoms with van der Waals surface area (Å²) in [6, 6.07) is 5.18. The molecule has 5 aliphatic rings. The van der Waals surface area contributed by atoms with Gasteiger partial charge in [0.15, 0.2) is 0 Å². The Morgan fingerprint density at radius 2 is 1.35 bits per heavy atom. The third-order valence-corrected chi connectivity index (χ3v) is 8.43. The molecule has 1 saturated heterocycles. The summed E-state index contributed by atoms with van der Waals surface area (Å²) in [6.45, 7) is 4.08. The zero-order valence-electron chi connectivity index (χ0n) is 20.1. The second-order valence-electron chi connectivity index (χ2n) is 10.6. The Balaban J connectivity index is 1.16. The first-order valence-electron chi connectivity index (χ1n) is 12.5. The van der Waals surface area contributed by atoms with Crippen LogP contribution in [0.3, 0.4) is 0 Å². The van der Waals surface area contributed by atoms with Gasteiger partial charge in [-0.25, -0.2) is 9.59 Å². The summed E-state index contributed by atoms with van der Waals surface area (Å²) in [5.41, 5.74) is 0.746. The maximum absolute atomic E-state index is 12.8. The van der Waals surface area contributed by atoms with Gasteiger partial charge in [0, 0.05) is 37.9 Å². The molecule has 1 aromatic rings. The number of benzene rings is 1. The fourth-order valence-electron chi connectivity index (χ4n) is 7.29. The molecule has 4 saturated carbocycles. The van der Waals surface area contributed by atoms with Gasteiger partial charge in [0.25, 0.3) is 0 Å². The topological polar surface area (TPSA) is 88.2 Å². The predicted octanol–water partition coefficient (Wildman–Crippen LogP) is 2.64. The molecule has 5 fully saturated rings. The number of ether oxygens (including phenoxy) is 2. The third-order valence-electron chi connectivity index (χ3n) is 8.43. The predicted molar refractivity (Wildman–Crippen MR) is 127 cm³/mol. The minimum absolute atomic E-state index is 0.166. The molecule has 0 unspecified atom stereocenters. The van der Waals surface area contributed by atoms with Crippen LogP contribution in [0.2, 0.25) is 0 Å². The van der Waals surface area contributed by atoms with E-state index in [0.29, 0.717) is 5.69 Å². The highest BCUT2D eigenvalue weighted by atomic mass is 16.5. The Labute approximate surface area is 200 Å². The maximum Gasteiger partial charge on any atom is 0.337 e. The van der Waals surface area contributed by atoms with Crippen molar-refractivity contribution in [2.24, 2.45) is 23.7 Å². The van der Waals surface area contributed by atoms with Crippen molar-refractivity contribution < 1.29 is 23.9 Å². The second-order valence-corrected chi connectivity index (χ2v) is 10.6. The minimum Gasteiger partial charge on any atom is -0.465 e. The van der Waals surface area contributed by atoms with Crippen molar-refractivity contribution in [1.29, 1.82) is 0 Å². The number of anilines is 1. The second kappa shape index (κ2) is 9.66. The molecule has 1 aliphatic heterocycles. The Morgan fingerprint density at radius 3 is 1.85 bits per heavy atom. The SMILES string of the molecule is COC(=O)c1cc(NC(=O)CN2CCN(C3C4CC5CC(C4)CC3C5)CC2)cc(C(=O)OC)c1. The van der Waals surface area contributed by atoms with E-state index in [4.69, 9.17) is 9.47 Å². The number of hydrogen-bond donors (Lipinski definition) is 1. The van der Waals surface area contributed by atoms with Crippen LogP contribution < -0.4 is 5.32 Å². The molecule has 4 aliphatic carbocycles. The molecule has 6 rings (SSSR count). The molecular weight excluding hydrogens is 434 g/mol. The lowest BCUT2D eigenvalue weighted by Crippen LogP contribution is -2.60. The minimum atomic E-state index is -0.581. The van der Waals surface area contributed by atoms with Crippen molar-refractivity contribution in [2.75, 3.05) is 52.3 Å². The number of piperazine rings is 1. The highest BCUT2D eigenvalue weighted by Crippen LogP contribution is 2.55. The van der Waals surface area contributed by atoms with Crippen molar-refractivity contribution in [3.8, 4) is 0 Å². The van der Waals surface area contributed by atoms with Crippen LogP contribution in [0.15, 0.2) is 18.2 Å². The lowest BCUT2D eigenvalue weighted by Gasteiger charge is -2.58. The van der Waals surface area contributed by atoms with Gasteiger partial charge >= 0.3 is 11.9 Å². The number of amides is 1. The lowest BCUT2D eigenvalue weighted by atomic mass is 9.54. The van der Waals surface area contributed by atoms with E-state index < -0.39 is 11.9 Å². The van der Waals surface area contributed by atoms with Crippen LogP contribution in [-0.4, -0.2) is 80.6 Å². The van der Waals surface area contributed by atoms with E-state index in [1.54, 1.807) is 0 Å². The largest absolute Gasteiger partial charge is 0.465 e. The molecule has 184 valence electrons. The first-order valence-corrected chi connectivity index (χ1v) is 12.5. The molecule has 1 N–H and O–H groups in total. The number of methoxy groups -OCH3 is 2. The molecule has 4 bridgehead atoms. The van der Waals surface area contributed by atoms with Gasteiger partial charge in [-0.3, -0.25) is 14.6 Å². The molecule has 0 atom stereocenters. The third kappa shape index (κ3) is 4.70. The van der Waals surface area contributed by atoms with Crippen molar-refractivity contribution in [3.05, 3.63) is 29.3 Å². The van der Waals surface area contributed by atoms with Crippen molar-refractivity contribution in [3.63, 3.8) is 0 Å². The average Bonchev–Trinajstić information content (AvgIpc) is 2.83. The van der Waals surface area contributed by atoms with E-state index in [1.165, 1.54) is 64.5 Å². The summed E-state index contributed by atoms with van der Waals surface area (Å²) in [7, 11) is 2.54. The average molecular weight is 470 g/mol. The highest BCUT2D eigenvalue weighted by molar-refractivity contribution is 5.99. The van der Waals surface area contributed by atoms with Crippen LogP contribution in [0.1, 0.15) is 52.8 Å². The first kappa shape index (κ1) is 23.3. The van der Waals surface area contributed by atoms with Crippen LogP contribution >= 0.6 is 0 Å². The van der Waals surface area contributed by atoms with Gasteiger partial charge in [0.05, 0.1) is 31.9 Å². The molecule has 34 heavy (non-hydrogen) atoms. The summed E-state index contributed by atoms with van der Waals surface area (Å²) >= 11 is 0. The summed E-state index contributed by atoms with van der Waals surface area (Å²) in [5.74, 6) is 2.42. The number of rotatable bonds is 6. The van der Waals surface area contributed by atoms with Gasteiger partial charge in [-0.1, -0.05) is 0 Å². The fourth-order valence-corrected chi connectivity index (χ4v) is 7.29. The van der Waals surface area contributed by atoms with E-state index in [0.717, 1.165) is 55.9 Å². The van der Waals surface area contributed by atoms with E-state index in [9.17, 15) is 14.4 Å². The Hall–Kier alpha value is -2.45. The lowest BCUT2D eigenvalue weighted by molar-refractivity contribution is -0.118. The van der Waals surface area contributed by atoms with E-state index in [2.05, 4.69) is 15.1 Å². The summed E-state index contributed by atoms with van der Waals surface area (Å²) in [6.07, 6.45) is 7.19. The monoisotopic (exact) mass is 469 g/mol. The van der Waals surface area contributed by atoms with Crippen LogP contribution in [0.4, 0.5) is 5.69 Å². The zero-order valence-corrected chi connectivity index (χ0v) is 20.1. The Morgan fingerprint density at radius 1 is 0.824 bits per heavy atom. The van der Waals surface area contributed by atoms with E-state index in [1.807, 2.05) is 0 Å². The molecule has 1 heterocycles. The van der Waals surface area contributed by atoms with Crippen molar-refractivity contribution in [1.82, 2.24) is 9.80 Å². The summed E-state index contributed by atoms with van der Waals surface area (Å²) in [4.78, 5) is 41.6. The molecule has 1 aromatic carbocycles. The molecule has 8 nitrogen and oxygen atoms in total. The van der Waals surface area contributed by atoms with Gasteiger partial charge in [0.1, 0.15) is 0 Å². The van der Waals surface area contributed by atoms with Crippen molar-refractivity contribution >= 4 is 23.5 Å². The van der Waals surface area contributed by atoms with Gasteiger partial charge in [-0.2, -0.15) is 0 Å². The standard InChI is InChI=1S/C26H35N3O5/c1-33-25(31)20-12-21(26(32)34-2)14-22(13-20)27-23(30)15-28-3-5-29(6-4-28)24-18-8-16-7-17(10-18)11-19(24)9-16/h12-14,16-19,24H,3-11,15H2,1-2H3,(H,27,30). The smallest absolute Gasteiger partial charge is 0.337 e. The molecule has 8 heteroatoms. The summed E-state index contributed by atoms with van der Waals surface area (Å²) in [5, 5.41) is 2.83. The highest BCUT2D eigenvalue weighted by Gasteiger charge is 2.50. The van der Waals surface area contributed by atoms with Gasteiger partial charge in [-0.05, 0) is 74.0 Å². The number of nitrogens with zero attached hydrogens (tertiary/aromatic N) is 2. The zero-order chi connectivity index (χ0) is 23.8. The Bertz CT molecular complexity index is 894. The number of hydrogen-bond acceptors (Lipinski definition) is 7. The fraction of sp³-hybridized carbons (Fsp3) is 0.654. The molecule has 0 spiro atoms. The van der Waals surface area contributed by atoms with Crippen LogP contribution in [0.5, 0.6) is 0 Å². The van der Waals surface area contributed by atoms with Crippen molar-refractivity contribution in [2.45, 2.75) is 38.1 Å². The Kier molecular flexibility index (Phi) is 6.62. The number of esters is 2. The van der Waals surface area contributed by atoms with Crippen LogP contribution in [-0.2, 0) is 14.3 Å². The van der Waals surface area contributed by atoms with E-state index >= 15 is 0 Å². The molecule has 0 aromatic heterocycles. The van der Waals surface area contributed by atoms with Gasteiger partial charge in [0.2, 0.25) is 5.91 Å². The van der Waals surface area contributed by atoms with Crippen LogP contribution in [0, 0.1) is 23.7 Å². The summed E-state index contributed by atoms with van der Waals surface area (Å²) < 4.78 is 9.53.